The van der Waals surface area contributed by atoms with E-state index in [1.165, 1.54) is 0 Å². The lowest BCUT2D eigenvalue weighted by Crippen LogP contribution is -1.98. The van der Waals surface area contributed by atoms with Crippen molar-refractivity contribution in [2.24, 2.45) is 0 Å². The van der Waals surface area contributed by atoms with Crippen LogP contribution in [0.1, 0.15) is 15.9 Å². The molecule has 1 aliphatic rings. The lowest BCUT2D eigenvalue weighted by molar-refractivity contribution is 0.101. The quantitative estimate of drug-likeness (QED) is 0.400. The van der Waals surface area contributed by atoms with Crippen LogP contribution in [-0.2, 0) is 0 Å². The zero-order valence-corrected chi connectivity index (χ0v) is 16.1. The van der Waals surface area contributed by atoms with E-state index in [0.717, 1.165) is 15.7 Å². The standard InChI is InChI=1S/C22H13BrN2O3/c23-15-8-9-18-17(12-15)22(26)20(28-18)11-14-13-25(16-5-2-1-3-6-16)24-21(14)19-7-4-10-27-19/h1-13H/b20-11-. The molecule has 136 valence electrons. The molecule has 0 saturated heterocycles. The predicted octanol–water partition coefficient (Wildman–Crippen LogP) is 5.51. The minimum Gasteiger partial charge on any atom is -0.463 e. The van der Waals surface area contributed by atoms with Crippen LogP contribution in [0, 0.1) is 0 Å². The first-order valence-electron chi connectivity index (χ1n) is 8.62. The fourth-order valence-corrected chi connectivity index (χ4v) is 3.47. The Morgan fingerprint density at radius 1 is 1.04 bits per heavy atom. The summed E-state index contributed by atoms with van der Waals surface area (Å²) in [4.78, 5) is 12.8. The normalized spacial score (nSPS) is 14.3. The molecule has 3 heterocycles. The highest BCUT2D eigenvalue weighted by Crippen LogP contribution is 2.35. The molecule has 5 rings (SSSR count). The highest BCUT2D eigenvalue weighted by atomic mass is 79.9. The van der Waals surface area contributed by atoms with Gasteiger partial charge in [-0.15, -0.1) is 0 Å². The van der Waals surface area contributed by atoms with Crippen LogP contribution in [0.4, 0.5) is 0 Å². The number of hydrogen-bond donors (Lipinski definition) is 0. The van der Waals surface area contributed by atoms with Crippen LogP contribution in [0.5, 0.6) is 5.75 Å². The number of allylic oxidation sites excluding steroid dienone is 1. The van der Waals surface area contributed by atoms with E-state index in [1.54, 1.807) is 35.2 Å². The van der Waals surface area contributed by atoms with Gasteiger partial charge in [0.15, 0.2) is 11.5 Å². The van der Waals surface area contributed by atoms with Gasteiger partial charge in [0.2, 0.25) is 5.78 Å². The fourth-order valence-electron chi connectivity index (χ4n) is 3.11. The maximum absolute atomic E-state index is 12.8. The SMILES string of the molecule is O=C1/C(=C/c2cn(-c3ccccc3)nc2-c2ccco2)Oc2ccc(Br)cc21. The van der Waals surface area contributed by atoms with Crippen molar-refractivity contribution in [2.75, 3.05) is 0 Å². The monoisotopic (exact) mass is 432 g/mol. The Bertz CT molecular complexity index is 1210. The molecular formula is C22H13BrN2O3. The van der Waals surface area contributed by atoms with Gasteiger partial charge >= 0.3 is 0 Å². The molecule has 0 bridgehead atoms. The number of ether oxygens (including phenoxy) is 1. The molecule has 2 aromatic heterocycles. The van der Waals surface area contributed by atoms with Crippen LogP contribution in [0.25, 0.3) is 23.2 Å². The Hall–Kier alpha value is -3.38. The average molecular weight is 433 g/mol. The number of aromatic nitrogens is 2. The molecule has 0 saturated carbocycles. The van der Waals surface area contributed by atoms with Gasteiger partial charge in [-0.2, -0.15) is 5.10 Å². The molecule has 5 nitrogen and oxygen atoms in total. The molecule has 0 unspecified atom stereocenters. The van der Waals surface area contributed by atoms with Crippen molar-refractivity contribution in [2.45, 2.75) is 0 Å². The molecule has 6 heteroatoms. The third kappa shape index (κ3) is 2.88. The lowest BCUT2D eigenvalue weighted by atomic mass is 10.1. The third-order valence-corrected chi connectivity index (χ3v) is 4.93. The van der Waals surface area contributed by atoms with Gasteiger partial charge in [0.1, 0.15) is 11.4 Å². The van der Waals surface area contributed by atoms with Crippen molar-refractivity contribution in [3.05, 3.63) is 94.5 Å². The summed E-state index contributed by atoms with van der Waals surface area (Å²) in [7, 11) is 0. The van der Waals surface area contributed by atoms with E-state index in [1.807, 2.05) is 48.7 Å². The lowest BCUT2D eigenvalue weighted by Gasteiger charge is -1.98. The number of ketones is 1. The number of carbonyl (C=O) groups excluding carboxylic acids is 1. The molecule has 0 atom stereocenters. The summed E-state index contributed by atoms with van der Waals surface area (Å²) in [6.07, 6.45) is 5.16. The van der Waals surface area contributed by atoms with Crippen LogP contribution in [-0.4, -0.2) is 15.6 Å². The molecule has 0 radical (unpaired) electrons. The van der Waals surface area contributed by atoms with Crippen molar-refractivity contribution in [1.29, 1.82) is 0 Å². The highest BCUT2D eigenvalue weighted by Gasteiger charge is 2.28. The first-order valence-corrected chi connectivity index (χ1v) is 9.41. The van der Waals surface area contributed by atoms with E-state index in [0.29, 0.717) is 22.8 Å². The van der Waals surface area contributed by atoms with Gasteiger partial charge in [0.25, 0.3) is 0 Å². The van der Waals surface area contributed by atoms with Crippen LogP contribution >= 0.6 is 15.9 Å². The van der Waals surface area contributed by atoms with Crippen molar-refractivity contribution in [3.8, 4) is 22.9 Å². The summed E-state index contributed by atoms with van der Waals surface area (Å²) in [5.74, 6) is 1.27. The van der Waals surface area contributed by atoms with E-state index >= 15 is 0 Å². The maximum atomic E-state index is 12.8. The summed E-state index contributed by atoms with van der Waals surface area (Å²) < 4.78 is 13.9. The van der Waals surface area contributed by atoms with Crippen LogP contribution in [0.3, 0.4) is 0 Å². The van der Waals surface area contributed by atoms with Crippen molar-refractivity contribution < 1.29 is 13.9 Å². The smallest absolute Gasteiger partial charge is 0.232 e. The number of halogens is 1. The number of rotatable bonds is 3. The largest absolute Gasteiger partial charge is 0.463 e. The van der Waals surface area contributed by atoms with Crippen molar-refractivity contribution in [1.82, 2.24) is 9.78 Å². The second-order valence-corrected chi connectivity index (χ2v) is 7.19. The summed E-state index contributed by atoms with van der Waals surface area (Å²) in [6.45, 7) is 0. The maximum Gasteiger partial charge on any atom is 0.232 e. The van der Waals surface area contributed by atoms with Crippen molar-refractivity contribution in [3.63, 3.8) is 0 Å². The molecule has 1 aliphatic heterocycles. The second-order valence-electron chi connectivity index (χ2n) is 6.27. The first-order chi connectivity index (χ1) is 13.7. The summed E-state index contributed by atoms with van der Waals surface area (Å²) in [6, 6.07) is 18.8. The Morgan fingerprint density at radius 3 is 2.68 bits per heavy atom. The Kier molecular flexibility index (Phi) is 3.98. The second kappa shape index (κ2) is 6.65. The summed E-state index contributed by atoms with van der Waals surface area (Å²) in [5.41, 5.74) is 2.81. The van der Waals surface area contributed by atoms with Crippen LogP contribution < -0.4 is 4.74 Å². The van der Waals surface area contributed by atoms with Crippen LogP contribution in [0.15, 0.2) is 87.8 Å². The number of hydrogen-bond acceptors (Lipinski definition) is 4. The Morgan fingerprint density at radius 2 is 1.89 bits per heavy atom. The minimum absolute atomic E-state index is 0.158. The van der Waals surface area contributed by atoms with Crippen LogP contribution in [0.2, 0.25) is 0 Å². The number of fused-ring (bicyclic) bond motifs is 1. The summed E-state index contributed by atoms with van der Waals surface area (Å²) >= 11 is 3.39. The molecule has 28 heavy (non-hydrogen) atoms. The van der Waals surface area contributed by atoms with E-state index in [-0.39, 0.29) is 11.5 Å². The van der Waals surface area contributed by atoms with Gasteiger partial charge in [-0.25, -0.2) is 4.68 Å². The summed E-state index contributed by atoms with van der Waals surface area (Å²) in [5, 5.41) is 4.66. The van der Waals surface area contributed by atoms with Gasteiger partial charge in [-0.05, 0) is 48.5 Å². The fraction of sp³-hybridized carbons (Fsp3) is 0. The molecule has 2 aromatic carbocycles. The molecule has 0 aliphatic carbocycles. The Balaban J connectivity index is 1.61. The molecule has 4 aromatic rings. The number of Topliss-reactive ketones (excluding diaryl/α,β-unsaturated/α-hetero) is 1. The number of nitrogens with zero attached hydrogens (tertiary/aromatic N) is 2. The van der Waals surface area contributed by atoms with Gasteiger partial charge in [0.05, 0.1) is 17.5 Å². The number of benzene rings is 2. The molecule has 0 N–H and O–H groups in total. The molecule has 0 fully saturated rings. The van der Waals surface area contributed by atoms with Gasteiger partial charge < -0.3 is 9.15 Å². The van der Waals surface area contributed by atoms with Gasteiger partial charge in [-0.1, -0.05) is 34.1 Å². The molecule has 0 amide bonds. The number of para-hydroxylation sites is 1. The highest BCUT2D eigenvalue weighted by molar-refractivity contribution is 9.10. The number of furan rings is 1. The van der Waals surface area contributed by atoms with Crippen molar-refractivity contribution >= 4 is 27.8 Å². The molecule has 0 spiro atoms. The van der Waals surface area contributed by atoms with E-state index < -0.39 is 0 Å². The average Bonchev–Trinajstić information content (AvgIpc) is 3.44. The first kappa shape index (κ1) is 16.8. The zero-order chi connectivity index (χ0) is 19.1. The third-order valence-electron chi connectivity index (χ3n) is 4.43. The zero-order valence-electron chi connectivity index (χ0n) is 14.5. The van der Waals surface area contributed by atoms with Gasteiger partial charge in [0, 0.05) is 16.2 Å². The van der Waals surface area contributed by atoms with E-state index in [4.69, 9.17) is 9.15 Å². The molecular weight excluding hydrogens is 420 g/mol. The van der Waals surface area contributed by atoms with Gasteiger partial charge in [-0.3, -0.25) is 4.79 Å². The van der Waals surface area contributed by atoms with E-state index in [2.05, 4.69) is 21.0 Å². The Labute approximate surface area is 169 Å². The minimum atomic E-state index is -0.158. The number of carbonyl (C=O) groups is 1. The predicted molar refractivity (Wildman–Crippen MR) is 108 cm³/mol. The topological polar surface area (TPSA) is 57.3 Å². The van der Waals surface area contributed by atoms with E-state index in [9.17, 15) is 4.79 Å².